The van der Waals surface area contributed by atoms with Crippen molar-refractivity contribution in [2.75, 3.05) is 31.3 Å². The third-order valence-electron chi connectivity index (χ3n) is 2.56. The van der Waals surface area contributed by atoms with E-state index in [1.54, 1.807) is 19.9 Å². The zero-order valence-electron chi connectivity index (χ0n) is 11.4. The molecule has 98 valence electrons. The Morgan fingerprint density at radius 2 is 2.11 bits per heavy atom. The Morgan fingerprint density at radius 1 is 1.44 bits per heavy atom. The molecule has 0 saturated heterocycles. The molecule has 0 saturated carbocycles. The second-order valence-electron chi connectivity index (χ2n) is 4.26. The number of nitrogen functional groups attached to an aromatic ring is 1. The van der Waals surface area contributed by atoms with Crippen molar-refractivity contribution in [1.82, 2.24) is 0 Å². The van der Waals surface area contributed by atoms with Crippen molar-refractivity contribution in [3.05, 3.63) is 29.3 Å². The molecule has 0 radical (unpaired) electrons. The number of carbonyl (C=O) groups excluding carboxylic acids is 1. The van der Waals surface area contributed by atoms with Crippen LogP contribution in [0.25, 0.3) is 6.08 Å². The first-order chi connectivity index (χ1) is 8.45. The molecular formula is C14H20N2O2. The van der Waals surface area contributed by atoms with E-state index in [1.165, 1.54) is 0 Å². The minimum absolute atomic E-state index is 0.311. The third-order valence-corrected chi connectivity index (χ3v) is 2.56. The summed E-state index contributed by atoms with van der Waals surface area (Å²) in [6, 6.07) is 5.73. The van der Waals surface area contributed by atoms with Crippen LogP contribution in [0.4, 0.5) is 11.4 Å². The zero-order chi connectivity index (χ0) is 13.7. The number of anilines is 2. The maximum atomic E-state index is 11.5. The van der Waals surface area contributed by atoms with Gasteiger partial charge in [-0.2, -0.15) is 0 Å². The lowest BCUT2D eigenvalue weighted by Gasteiger charge is -2.14. The van der Waals surface area contributed by atoms with Gasteiger partial charge in [0.1, 0.15) is 0 Å². The maximum absolute atomic E-state index is 11.5. The fourth-order valence-electron chi connectivity index (χ4n) is 1.51. The van der Waals surface area contributed by atoms with Gasteiger partial charge < -0.3 is 15.4 Å². The van der Waals surface area contributed by atoms with Crippen molar-refractivity contribution in [2.24, 2.45) is 0 Å². The Hall–Kier alpha value is -1.97. The first-order valence-electron chi connectivity index (χ1n) is 5.88. The Labute approximate surface area is 108 Å². The minimum Gasteiger partial charge on any atom is -0.463 e. The molecule has 0 atom stereocenters. The number of esters is 1. The highest BCUT2D eigenvalue weighted by Gasteiger charge is 2.06. The quantitative estimate of drug-likeness (QED) is 0.504. The largest absolute Gasteiger partial charge is 0.463 e. The second kappa shape index (κ2) is 6.10. The molecule has 4 nitrogen and oxygen atoms in total. The van der Waals surface area contributed by atoms with Crippen LogP contribution in [0.5, 0.6) is 0 Å². The van der Waals surface area contributed by atoms with E-state index in [0.29, 0.717) is 17.9 Å². The Kier molecular flexibility index (Phi) is 4.77. The predicted octanol–water partition coefficient (Wildman–Crippen LogP) is 2.30. The lowest BCUT2D eigenvalue weighted by molar-refractivity contribution is -0.138. The lowest BCUT2D eigenvalue weighted by atomic mass is 10.1. The van der Waals surface area contributed by atoms with E-state index < -0.39 is 0 Å². The average Bonchev–Trinajstić information content (AvgIpc) is 2.31. The van der Waals surface area contributed by atoms with Crippen LogP contribution in [0.2, 0.25) is 0 Å². The molecule has 1 rings (SSSR count). The van der Waals surface area contributed by atoms with Crippen molar-refractivity contribution < 1.29 is 9.53 Å². The molecule has 0 unspecified atom stereocenters. The van der Waals surface area contributed by atoms with Crippen molar-refractivity contribution >= 4 is 23.4 Å². The number of ether oxygens (including phenoxy) is 1. The first-order valence-corrected chi connectivity index (χ1v) is 5.88. The summed E-state index contributed by atoms with van der Waals surface area (Å²) in [5.41, 5.74) is 9.00. The zero-order valence-corrected chi connectivity index (χ0v) is 11.4. The number of nitrogens with zero attached hydrogens (tertiary/aromatic N) is 1. The van der Waals surface area contributed by atoms with Crippen LogP contribution >= 0.6 is 0 Å². The summed E-state index contributed by atoms with van der Waals surface area (Å²) in [6.07, 6.45) is 1.74. The number of hydrogen-bond acceptors (Lipinski definition) is 4. The topological polar surface area (TPSA) is 55.6 Å². The molecule has 0 aliphatic carbocycles. The fourth-order valence-corrected chi connectivity index (χ4v) is 1.51. The van der Waals surface area contributed by atoms with E-state index in [2.05, 4.69) is 0 Å². The van der Waals surface area contributed by atoms with Crippen LogP contribution in [0.3, 0.4) is 0 Å². The summed E-state index contributed by atoms with van der Waals surface area (Å²) >= 11 is 0. The van der Waals surface area contributed by atoms with Gasteiger partial charge in [0.2, 0.25) is 0 Å². The predicted molar refractivity (Wildman–Crippen MR) is 75.5 cm³/mol. The highest BCUT2D eigenvalue weighted by atomic mass is 16.5. The van der Waals surface area contributed by atoms with Gasteiger partial charge >= 0.3 is 5.97 Å². The Morgan fingerprint density at radius 3 is 2.61 bits per heavy atom. The molecule has 0 amide bonds. The normalized spacial score (nSPS) is 11.2. The summed E-state index contributed by atoms with van der Waals surface area (Å²) in [5.74, 6) is -0.311. The lowest BCUT2D eigenvalue weighted by Crippen LogP contribution is -2.09. The van der Waals surface area contributed by atoms with Gasteiger partial charge in [0, 0.05) is 31.0 Å². The van der Waals surface area contributed by atoms with Crippen molar-refractivity contribution in [3.63, 3.8) is 0 Å². The number of hydrogen-bond donors (Lipinski definition) is 1. The van der Waals surface area contributed by atoms with Crippen molar-refractivity contribution in [1.29, 1.82) is 0 Å². The van der Waals surface area contributed by atoms with Gasteiger partial charge in [0.15, 0.2) is 0 Å². The van der Waals surface area contributed by atoms with Gasteiger partial charge in [-0.3, -0.25) is 0 Å². The van der Waals surface area contributed by atoms with Gasteiger partial charge in [0.25, 0.3) is 0 Å². The molecule has 1 aromatic carbocycles. The van der Waals surface area contributed by atoms with Gasteiger partial charge in [-0.05, 0) is 37.6 Å². The SMILES string of the molecule is CCOC(=O)C(C)=Cc1ccc(N(C)C)cc1N. The molecule has 1 aromatic rings. The van der Waals surface area contributed by atoms with Crippen LogP contribution in [-0.2, 0) is 9.53 Å². The second-order valence-corrected chi connectivity index (χ2v) is 4.26. The molecule has 4 heteroatoms. The average molecular weight is 248 g/mol. The molecule has 0 fully saturated rings. The highest BCUT2D eigenvalue weighted by molar-refractivity contribution is 5.94. The molecule has 0 aliphatic rings. The van der Waals surface area contributed by atoms with Crippen LogP contribution in [0.15, 0.2) is 23.8 Å². The highest BCUT2D eigenvalue weighted by Crippen LogP contribution is 2.22. The molecule has 0 bridgehead atoms. The number of rotatable bonds is 4. The summed E-state index contributed by atoms with van der Waals surface area (Å²) in [7, 11) is 3.91. The standard InChI is InChI=1S/C14H20N2O2/c1-5-18-14(17)10(2)8-11-6-7-12(16(3)4)9-13(11)15/h6-9H,5,15H2,1-4H3. The number of carbonyl (C=O) groups is 1. The Balaban J connectivity index is 2.98. The van der Waals surface area contributed by atoms with Gasteiger partial charge in [-0.1, -0.05) is 6.07 Å². The summed E-state index contributed by atoms with van der Waals surface area (Å²) in [5, 5.41) is 0. The van der Waals surface area contributed by atoms with Crippen molar-refractivity contribution in [2.45, 2.75) is 13.8 Å². The molecule has 0 aromatic heterocycles. The molecule has 0 spiro atoms. The van der Waals surface area contributed by atoms with Crippen LogP contribution < -0.4 is 10.6 Å². The van der Waals surface area contributed by atoms with E-state index >= 15 is 0 Å². The first kappa shape index (κ1) is 14.1. The summed E-state index contributed by atoms with van der Waals surface area (Å²) in [6.45, 7) is 3.88. The third kappa shape index (κ3) is 3.52. The van der Waals surface area contributed by atoms with Crippen LogP contribution in [-0.4, -0.2) is 26.7 Å². The van der Waals surface area contributed by atoms with Crippen molar-refractivity contribution in [3.8, 4) is 0 Å². The monoisotopic (exact) mass is 248 g/mol. The fraction of sp³-hybridized carbons (Fsp3) is 0.357. The van der Waals surface area contributed by atoms with E-state index in [4.69, 9.17) is 10.5 Å². The molecular weight excluding hydrogens is 228 g/mol. The smallest absolute Gasteiger partial charge is 0.333 e. The van der Waals surface area contributed by atoms with Gasteiger partial charge in [-0.15, -0.1) is 0 Å². The van der Waals surface area contributed by atoms with Gasteiger partial charge in [0.05, 0.1) is 6.61 Å². The van der Waals surface area contributed by atoms with Gasteiger partial charge in [-0.25, -0.2) is 4.79 Å². The minimum atomic E-state index is -0.311. The van der Waals surface area contributed by atoms with E-state index in [0.717, 1.165) is 11.3 Å². The molecule has 18 heavy (non-hydrogen) atoms. The van der Waals surface area contributed by atoms with Crippen LogP contribution in [0.1, 0.15) is 19.4 Å². The van der Waals surface area contributed by atoms with E-state index in [1.807, 2.05) is 37.2 Å². The Bertz CT molecular complexity index is 465. The van der Waals surface area contributed by atoms with E-state index in [-0.39, 0.29) is 5.97 Å². The summed E-state index contributed by atoms with van der Waals surface area (Å²) < 4.78 is 4.92. The number of nitrogens with two attached hydrogens (primary N) is 1. The maximum Gasteiger partial charge on any atom is 0.333 e. The molecule has 0 heterocycles. The molecule has 0 aliphatic heterocycles. The summed E-state index contributed by atoms with van der Waals surface area (Å²) in [4.78, 5) is 13.5. The van der Waals surface area contributed by atoms with E-state index in [9.17, 15) is 4.79 Å². The molecule has 2 N–H and O–H groups in total. The van der Waals surface area contributed by atoms with Crippen LogP contribution in [0, 0.1) is 0 Å². The number of benzene rings is 1.